The summed E-state index contributed by atoms with van der Waals surface area (Å²) in [6.07, 6.45) is -4.44. The summed E-state index contributed by atoms with van der Waals surface area (Å²) >= 11 is 0. The molecule has 6 nitrogen and oxygen atoms in total. The van der Waals surface area contributed by atoms with Crippen molar-refractivity contribution in [3.05, 3.63) is 70.9 Å². The maximum atomic E-state index is 13.2. The second-order valence-corrected chi connectivity index (χ2v) is 8.43. The van der Waals surface area contributed by atoms with Crippen LogP contribution >= 0.6 is 0 Å². The molecular formula is C25H26F3N5O. The molecule has 0 bridgehead atoms. The average molecular weight is 470 g/mol. The van der Waals surface area contributed by atoms with Crippen LogP contribution in [-0.2, 0) is 6.18 Å². The van der Waals surface area contributed by atoms with Gasteiger partial charge in [0.15, 0.2) is 5.82 Å². The van der Waals surface area contributed by atoms with Crippen LogP contribution in [0.15, 0.2) is 48.5 Å². The minimum Gasteiger partial charge on any atom is -0.353 e. The van der Waals surface area contributed by atoms with Crippen molar-refractivity contribution >= 4 is 17.5 Å². The summed E-state index contributed by atoms with van der Waals surface area (Å²) in [6.45, 7) is 7.82. The van der Waals surface area contributed by atoms with Gasteiger partial charge in [-0.1, -0.05) is 29.8 Å². The average Bonchev–Trinajstić information content (AvgIpc) is 2.82. The molecule has 1 N–H and O–H groups in total. The molecule has 0 unspecified atom stereocenters. The van der Waals surface area contributed by atoms with Crippen molar-refractivity contribution in [1.29, 1.82) is 0 Å². The number of amides is 2. The summed E-state index contributed by atoms with van der Waals surface area (Å²) in [5.74, 6) is 0.933. The molecule has 1 aliphatic heterocycles. The number of alkyl halides is 3. The van der Waals surface area contributed by atoms with E-state index in [1.165, 1.54) is 6.07 Å². The van der Waals surface area contributed by atoms with E-state index >= 15 is 0 Å². The number of carbonyl (C=O) groups is 1. The van der Waals surface area contributed by atoms with E-state index in [1.807, 2.05) is 45.0 Å². The lowest BCUT2D eigenvalue weighted by Crippen LogP contribution is -2.50. The highest BCUT2D eigenvalue weighted by atomic mass is 19.4. The summed E-state index contributed by atoms with van der Waals surface area (Å²) in [6, 6.07) is 12.5. The van der Waals surface area contributed by atoms with Crippen LogP contribution in [0.5, 0.6) is 0 Å². The molecule has 1 saturated heterocycles. The maximum Gasteiger partial charge on any atom is 0.416 e. The molecule has 1 aliphatic rings. The molecule has 4 rings (SSSR count). The van der Waals surface area contributed by atoms with Crippen LogP contribution in [0.4, 0.5) is 29.5 Å². The number of benzene rings is 2. The fraction of sp³-hybridized carbons (Fsp3) is 0.320. The van der Waals surface area contributed by atoms with Crippen LogP contribution < -0.4 is 10.2 Å². The molecule has 0 saturated carbocycles. The van der Waals surface area contributed by atoms with Gasteiger partial charge >= 0.3 is 12.2 Å². The van der Waals surface area contributed by atoms with Crippen LogP contribution in [-0.4, -0.2) is 47.1 Å². The van der Waals surface area contributed by atoms with Gasteiger partial charge in [-0.15, -0.1) is 0 Å². The predicted octanol–water partition coefficient (Wildman–Crippen LogP) is 5.44. The van der Waals surface area contributed by atoms with Gasteiger partial charge in [-0.05, 0) is 45.0 Å². The topological polar surface area (TPSA) is 61.4 Å². The van der Waals surface area contributed by atoms with Crippen molar-refractivity contribution in [1.82, 2.24) is 14.9 Å². The van der Waals surface area contributed by atoms with Gasteiger partial charge in [-0.25, -0.2) is 14.8 Å². The van der Waals surface area contributed by atoms with Gasteiger partial charge in [0.1, 0.15) is 5.82 Å². The first kappa shape index (κ1) is 23.5. The van der Waals surface area contributed by atoms with Crippen LogP contribution in [0.2, 0.25) is 0 Å². The summed E-state index contributed by atoms with van der Waals surface area (Å²) in [5, 5.41) is 2.91. The van der Waals surface area contributed by atoms with E-state index in [2.05, 4.69) is 20.2 Å². The van der Waals surface area contributed by atoms with E-state index in [-0.39, 0.29) is 11.9 Å². The molecule has 0 radical (unpaired) electrons. The van der Waals surface area contributed by atoms with Crippen molar-refractivity contribution in [3.63, 3.8) is 0 Å². The van der Waals surface area contributed by atoms with Gasteiger partial charge in [0.05, 0.1) is 5.56 Å². The standard InChI is InChI=1S/C25H26F3N5O/c1-16-7-9-21(10-8-16)30-24(34)33-13-11-32(12-14-33)23-17(2)18(3)29-22(31-23)19-5-4-6-20(15-19)25(26,27)28/h4-10,15H,11-14H2,1-3H3,(H,30,34). The number of halogens is 3. The smallest absolute Gasteiger partial charge is 0.353 e. The number of anilines is 2. The minimum absolute atomic E-state index is 0.163. The Hall–Kier alpha value is -3.62. The summed E-state index contributed by atoms with van der Waals surface area (Å²) in [4.78, 5) is 25.5. The van der Waals surface area contributed by atoms with Gasteiger partial charge in [0.2, 0.25) is 0 Å². The molecule has 178 valence electrons. The molecule has 2 heterocycles. The highest BCUT2D eigenvalue weighted by Crippen LogP contribution is 2.32. The first-order valence-electron chi connectivity index (χ1n) is 11.0. The molecule has 9 heteroatoms. The van der Waals surface area contributed by atoms with Gasteiger partial charge in [0, 0.05) is 48.7 Å². The number of carbonyl (C=O) groups excluding carboxylic acids is 1. The fourth-order valence-electron chi connectivity index (χ4n) is 3.85. The summed E-state index contributed by atoms with van der Waals surface area (Å²) < 4.78 is 39.5. The second kappa shape index (κ2) is 9.32. The number of nitrogens with one attached hydrogen (secondary N) is 1. The monoisotopic (exact) mass is 469 g/mol. The molecule has 0 aliphatic carbocycles. The zero-order chi connectivity index (χ0) is 24.5. The van der Waals surface area contributed by atoms with Crippen molar-refractivity contribution in [2.75, 3.05) is 36.4 Å². The Kier molecular flexibility index (Phi) is 6.45. The Bertz CT molecular complexity index is 1190. The molecule has 0 atom stereocenters. The Labute approximate surface area is 196 Å². The number of piperazine rings is 1. The molecule has 1 aromatic heterocycles. The van der Waals surface area contributed by atoms with E-state index in [9.17, 15) is 18.0 Å². The minimum atomic E-state index is -4.44. The quantitative estimate of drug-likeness (QED) is 0.555. The van der Waals surface area contributed by atoms with Gasteiger partial charge in [0.25, 0.3) is 0 Å². The number of urea groups is 1. The van der Waals surface area contributed by atoms with Gasteiger partial charge in [-0.2, -0.15) is 13.2 Å². The number of hydrogen-bond donors (Lipinski definition) is 1. The van der Waals surface area contributed by atoms with E-state index in [0.29, 0.717) is 43.3 Å². The summed E-state index contributed by atoms with van der Waals surface area (Å²) in [7, 11) is 0. The van der Waals surface area contributed by atoms with Crippen molar-refractivity contribution in [2.24, 2.45) is 0 Å². The third-order valence-electron chi connectivity index (χ3n) is 5.98. The SMILES string of the molecule is Cc1ccc(NC(=O)N2CCN(c3nc(-c4cccc(C(F)(F)F)c4)nc(C)c3C)CC2)cc1. The highest BCUT2D eigenvalue weighted by molar-refractivity contribution is 5.89. The normalized spacial score (nSPS) is 14.3. The highest BCUT2D eigenvalue weighted by Gasteiger charge is 2.31. The lowest BCUT2D eigenvalue weighted by atomic mass is 10.1. The molecule has 2 aromatic carbocycles. The Balaban J connectivity index is 1.49. The summed E-state index contributed by atoms with van der Waals surface area (Å²) in [5.41, 5.74) is 3.01. The Morgan fingerprint density at radius 2 is 1.62 bits per heavy atom. The van der Waals surface area contributed by atoms with Crippen LogP contribution in [0, 0.1) is 20.8 Å². The Morgan fingerprint density at radius 3 is 2.26 bits per heavy atom. The second-order valence-electron chi connectivity index (χ2n) is 8.43. The zero-order valence-electron chi connectivity index (χ0n) is 19.3. The van der Waals surface area contributed by atoms with E-state index < -0.39 is 11.7 Å². The molecule has 34 heavy (non-hydrogen) atoms. The maximum absolute atomic E-state index is 13.2. The zero-order valence-corrected chi connectivity index (χ0v) is 19.3. The van der Waals surface area contributed by atoms with Gasteiger partial charge in [-0.3, -0.25) is 0 Å². The van der Waals surface area contributed by atoms with Crippen molar-refractivity contribution in [2.45, 2.75) is 26.9 Å². The lowest BCUT2D eigenvalue weighted by Gasteiger charge is -2.36. The first-order valence-corrected chi connectivity index (χ1v) is 11.0. The number of aryl methyl sites for hydroxylation is 2. The van der Waals surface area contributed by atoms with E-state index in [4.69, 9.17) is 0 Å². The molecule has 3 aromatic rings. The van der Waals surface area contributed by atoms with Crippen molar-refractivity contribution < 1.29 is 18.0 Å². The number of hydrogen-bond acceptors (Lipinski definition) is 4. The first-order chi connectivity index (χ1) is 16.1. The van der Waals surface area contributed by atoms with Gasteiger partial charge < -0.3 is 15.1 Å². The van der Waals surface area contributed by atoms with Crippen LogP contribution in [0.25, 0.3) is 11.4 Å². The fourth-order valence-corrected chi connectivity index (χ4v) is 3.85. The van der Waals surface area contributed by atoms with Crippen molar-refractivity contribution in [3.8, 4) is 11.4 Å². The van der Waals surface area contributed by atoms with Crippen LogP contribution in [0.1, 0.15) is 22.4 Å². The molecular weight excluding hydrogens is 443 g/mol. The van der Waals surface area contributed by atoms with Crippen LogP contribution in [0.3, 0.4) is 0 Å². The third-order valence-corrected chi connectivity index (χ3v) is 5.98. The predicted molar refractivity (Wildman–Crippen MR) is 126 cm³/mol. The third kappa shape index (κ3) is 5.13. The lowest BCUT2D eigenvalue weighted by molar-refractivity contribution is -0.137. The van der Waals surface area contributed by atoms with E-state index in [0.717, 1.165) is 28.9 Å². The Morgan fingerprint density at radius 1 is 0.941 bits per heavy atom. The number of nitrogens with zero attached hydrogens (tertiary/aromatic N) is 4. The number of aromatic nitrogens is 2. The molecule has 0 spiro atoms. The molecule has 1 fully saturated rings. The molecule has 2 amide bonds. The number of rotatable bonds is 3. The van der Waals surface area contributed by atoms with E-state index in [1.54, 1.807) is 11.0 Å². The largest absolute Gasteiger partial charge is 0.416 e.